The van der Waals surface area contributed by atoms with Crippen LogP contribution in [0, 0.1) is 36.9 Å². The van der Waals surface area contributed by atoms with Gasteiger partial charge < -0.3 is 19.6 Å². The van der Waals surface area contributed by atoms with Gasteiger partial charge in [-0.1, -0.05) is 269 Å². The molecule has 0 unspecified atom stereocenters. The minimum Gasteiger partial charge on any atom is -0.364 e. The molecular weight excluding hydrogens is 1380 g/mol. The summed E-state index contributed by atoms with van der Waals surface area (Å²) in [6.07, 6.45) is 11.4. The standard InChI is InChI=1S/C38H67N.C25H31N.C24H29N.C23H27N/c1-27(2)39(35(9,10)11)32-30(36(12,13)33(3,4)5)25-29(26-31(32)37(14,15)34(6,7)8)28-19-23-38(24-20-28)21-17-16-18-22-38;1-17(2)26(25(5,6)7)24-19(4)15-18(3)16-23(24)22-14-10-12-20-11-8-9-13-21(20)22;1-17(2)25(24(4,5)6)23-15-14-18(3)16-22(23)21-13-9-11-19-10-7-8-12-20(19)21;1-17(2)24(23(3,4)5)22-16-9-8-14-21(22)20-15-10-12-18-11-6-7-13-19(18)20/h25-28H,16-24H2,1-15H3;8-17H,1-7H3;7-17H,1-6H3;6-17H,1-5H3/i28D;2*3D3;. The van der Waals surface area contributed by atoms with Crippen LogP contribution < -0.4 is 19.6 Å². The van der Waals surface area contributed by atoms with Gasteiger partial charge >= 0.3 is 0 Å². The quantitative estimate of drug-likeness (QED) is 0.108. The molecule has 0 N–H and O–H groups in total. The minimum absolute atomic E-state index is 0.0298. The molecule has 0 heterocycles. The SMILES string of the molecule is CC(C)N(c1ccccc1-c1cccc2ccccc12)C(C)(C)C.[2H]C([2H])([2H])c1cc(C)c(N(C(C)C)C(C)(C)C)c(-c2cccc3ccccc23)c1.[2H]C([2H])([2H])c1ccc(N(C(C)C)C(C)(C)C)c(-c2cccc3ccccc23)c1.[2H]C1(c2cc(C(C)(C)C(C)(C)C)c(N(C(C)C)C(C)(C)C)c(C(C)(C)C(C)(C)C)c2)CCC2(CCCCC2)CC1. The molecule has 0 aliphatic heterocycles. The number of fused-ring (bicyclic) bond motifs is 3. The highest BCUT2D eigenvalue weighted by Gasteiger charge is 2.46. The van der Waals surface area contributed by atoms with Gasteiger partial charge in [-0.15, -0.1) is 0 Å². The van der Waals surface area contributed by atoms with Gasteiger partial charge in [-0.25, -0.2) is 0 Å². The molecule has 0 amide bonds. The van der Waals surface area contributed by atoms with Crippen molar-refractivity contribution in [2.24, 2.45) is 16.2 Å². The van der Waals surface area contributed by atoms with Gasteiger partial charge in [0.15, 0.2) is 0 Å². The maximum atomic E-state index is 10.0. The average Bonchev–Trinajstić information content (AvgIpc) is 0.706. The van der Waals surface area contributed by atoms with E-state index >= 15 is 0 Å². The summed E-state index contributed by atoms with van der Waals surface area (Å²) in [5.41, 5.74) is 17.8. The Morgan fingerprint density at radius 3 is 1.07 bits per heavy atom. The molecule has 614 valence electrons. The topological polar surface area (TPSA) is 13.0 Å². The Balaban J connectivity index is 0.000000187. The van der Waals surface area contributed by atoms with Crippen LogP contribution in [-0.2, 0) is 10.8 Å². The van der Waals surface area contributed by atoms with Gasteiger partial charge in [0.2, 0.25) is 0 Å². The third-order valence-corrected chi connectivity index (χ3v) is 25.8. The Bertz CT molecular complexity index is 5100. The van der Waals surface area contributed by atoms with Crippen molar-refractivity contribution in [3.8, 4) is 33.4 Å². The predicted molar refractivity (Wildman–Crippen MR) is 510 cm³/mol. The lowest BCUT2D eigenvalue weighted by atomic mass is 9.59. The van der Waals surface area contributed by atoms with Crippen LogP contribution in [-0.4, -0.2) is 46.3 Å². The van der Waals surface area contributed by atoms with Crippen molar-refractivity contribution in [3.63, 3.8) is 0 Å². The monoisotopic (exact) mass is 1540 g/mol. The first-order valence-electron chi connectivity index (χ1n) is 46.9. The molecule has 0 bridgehead atoms. The van der Waals surface area contributed by atoms with Gasteiger partial charge in [0.1, 0.15) is 0 Å². The van der Waals surface area contributed by atoms with Crippen LogP contribution in [0.4, 0.5) is 22.7 Å². The maximum absolute atomic E-state index is 10.0. The van der Waals surface area contributed by atoms with E-state index in [2.05, 4.69) is 361 Å². The molecule has 10 aromatic rings. The Morgan fingerprint density at radius 2 is 0.675 bits per heavy atom. The molecule has 2 aliphatic rings. The molecule has 114 heavy (non-hydrogen) atoms. The van der Waals surface area contributed by atoms with E-state index in [9.17, 15) is 1.37 Å². The van der Waals surface area contributed by atoms with Crippen LogP contribution in [0.2, 0.25) is 0 Å². The fourth-order valence-corrected chi connectivity index (χ4v) is 19.2. The van der Waals surface area contributed by atoms with Crippen molar-refractivity contribution in [1.82, 2.24) is 0 Å². The van der Waals surface area contributed by atoms with Crippen LogP contribution in [0.5, 0.6) is 0 Å². The van der Waals surface area contributed by atoms with Gasteiger partial charge in [0.25, 0.3) is 0 Å². The van der Waals surface area contributed by atoms with E-state index in [4.69, 9.17) is 8.22 Å². The molecule has 1 spiro atoms. The summed E-state index contributed by atoms with van der Waals surface area (Å²) >= 11 is 0. The smallest absolute Gasteiger partial charge is 0.0482 e. The Labute approximate surface area is 706 Å². The van der Waals surface area contributed by atoms with Crippen molar-refractivity contribution >= 4 is 55.1 Å². The summed E-state index contributed by atoms with van der Waals surface area (Å²) in [5, 5.41) is 7.17. The largest absolute Gasteiger partial charge is 0.364 e. The Kier molecular flexibility index (Phi) is 24.7. The number of para-hydroxylation sites is 1. The lowest BCUT2D eigenvalue weighted by Gasteiger charge is -2.51. The number of aryl methyl sites for hydroxylation is 3. The summed E-state index contributed by atoms with van der Waals surface area (Å²) in [6, 6.07) is 68.7. The van der Waals surface area contributed by atoms with Crippen molar-refractivity contribution < 1.29 is 9.60 Å². The van der Waals surface area contributed by atoms with E-state index in [0.717, 1.165) is 73.6 Å². The maximum Gasteiger partial charge on any atom is 0.0482 e. The van der Waals surface area contributed by atoms with Crippen LogP contribution in [0.25, 0.3) is 65.7 Å². The number of benzene rings is 10. The van der Waals surface area contributed by atoms with Crippen LogP contribution >= 0.6 is 0 Å². The van der Waals surface area contributed by atoms with Gasteiger partial charge in [0.05, 0.1) is 0 Å². The first-order chi connectivity index (χ1) is 55.7. The molecule has 0 radical (unpaired) electrons. The number of rotatable bonds is 14. The summed E-state index contributed by atoms with van der Waals surface area (Å²) in [4.78, 5) is 10.00. The second kappa shape index (κ2) is 35.2. The second-order valence-electron chi connectivity index (χ2n) is 41.9. The third-order valence-electron chi connectivity index (χ3n) is 25.8. The zero-order chi connectivity index (χ0) is 90.3. The van der Waals surface area contributed by atoms with Gasteiger partial charge in [-0.05, 0) is 326 Å². The van der Waals surface area contributed by atoms with Gasteiger partial charge in [0, 0.05) is 95.4 Å². The molecule has 0 aromatic heterocycles. The van der Waals surface area contributed by atoms with E-state index < -0.39 is 19.6 Å². The van der Waals surface area contributed by atoms with E-state index in [1.807, 2.05) is 61.5 Å². The molecule has 4 nitrogen and oxygen atoms in total. The highest BCUT2D eigenvalue weighted by molar-refractivity contribution is 6.02. The normalized spacial score (nSPS) is 16.1. The molecule has 12 rings (SSSR count). The molecule has 0 saturated heterocycles. The van der Waals surface area contributed by atoms with Crippen LogP contribution in [0.1, 0.15) is 314 Å². The van der Waals surface area contributed by atoms with E-state index in [1.54, 1.807) is 6.07 Å². The number of hydrogen-bond acceptors (Lipinski definition) is 4. The van der Waals surface area contributed by atoms with Crippen LogP contribution in [0.3, 0.4) is 0 Å². The molecule has 10 aromatic carbocycles. The fourth-order valence-electron chi connectivity index (χ4n) is 19.2. The summed E-state index contributed by atoms with van der Waals surface area (Å²) in [7, 11) is 0. The van der Waals surface area contributed by atoms with Crippen molar-refractivity contribution in [2.75, 3.05) is 19.6 Å². The van der Waals surface area contributed by atoms with Gasteiger partial charge in [-0.3, -0.25) is 0 Å². The van der Waals surface area contributed by atoms with Crippen molar-refractivity contribution in [3.05, 3.63) is 228 Å². The summed E-state index contributed by atoms with van der Waals surface area (Å²) in [5.74, 6) is -0.503. The highest BCUT2D eigenvalue weighted by Crippen LogP contribution is 2.57. The molecule has 2 fully saturated rings. The molecule has 2 aliphatic carbocycles. The lowest BCUT2D eigenvalue weighted by Crippen LogP contribution is -2.50. The number of hydrogen-bond donors (Lipinski definition) is 0. The van der Waals surface area contributed by atoms with Crippen LogP contribution in [0.15, 0.2) is 194 Å². The zero-order valence-corrected chi connectivity index (χ0v) is 76.9. The van der Waals surface area contributed by atoms with E-state index in [1.165, 1.54) is 94.9 Å². The summed E-state index contributed by atoms with van der Waals surface area (Å²) in [6.45, 7) is 67.1. The first-order valence-corrected chi connectivity index (χ1v) is 43.4. The molecule has 2 saturated carbocycles. The highest BCUT2D eigenvalue weighted by atomic mass is 15.2. The van der Waals surface area contributed by atoms with Gasteiger partial charge in [-0.2, -0.15) is 0 Å². The van der Waals surface area contributed by atoms with E-state index in [0.29, 0.717) is 28.6 Å². The Hall–Kier alpha value is -7.82. The number of anilines is 4. The zero-order valence-electron chi connectivity index (χ0n) is 83.9. The van der Waals surface area contributed by atoms with E-state index in [-0.39, 0.29) is 55.9 Å². The number of nitrogens with zero attached hydrogens (tertiary/aromatic N) is 4. The fraction of sp³-hybridized carbons (Fsp3) is 0.509. The molecule has 0 atom stereocenters. The minimum atomic E-state index is -2.15. The lowest BCUT2D eigenvalue weighted by molar-refractivity contribution is 0.114. The van der Waals surface area contributed by atoms with Crippen molar-refractivity contribution in [1.29, 1.82) is 0 Å². The predicted octanol–water partition coefficient (Wildman–Crippen LogP) is 32.4. The average molecular weight is 1540 g/mol. The molecular formula is C110H154N4. The Morgan fingerprint density at radius 1 is 0.333 bits per heavy atom. The molecule has 4 heteroatoms. The second-order valence-corrected chi connectivity index (χ2v) is 41.9. The first kappa shape index (κ1) is 80.0. The third kappa shape index (κ3) is 20.1. The van der Waals surface area contributed by atoms with Crippen molar-refractivity contribution in [2.45, 2.75) is 349 Å². The summed E-state index contributed by atoms with van der Waals surface area (Å²) < 4.78 is 57.7.